The van der Waals surface area contributed by atoms with Crippen LogP contribution in [0.4, 0.5) is 15.9 Å². The standard InChI is InChI=1S/C31H32FN5O2S/c1-39-21-28-19-29(37-17-15-36(16-18-37)20-23-5-3-2-4-6-23)35-31(34-28)40-22-24-7-9-25(10-8-24)30(38)33-27-13-11-26(32)12-14-27/h2-14,19H,15-18,20-22H2,1H3,(H,33,38). The number of carbonyl (C=O) groups excluding carboxylic acids is 1. The van der Waals surface area contributed by atoms with Gasteiger partial charge in [-0.25, -0.2) is 14.4 Å². The number of ether oxygens (including phenoxy) is 1. The van der Waals surface area contributed by atoms with Gasteiger partial charge in [-0.15, -0.1) is 0 Å². The molecule has 1 saturated heterocycles. The van der Waals surface area contributed by atoms with E-state index in [4.69, 9.17) is 14.7 Å². The Hall–Kier alpha value is -3.79. The summed E-state index contributed by atoms with van der Waals surface area (Å²) in [6.45, 7) is 5.14. The molecule has 0 saturated carbocycles. The number of thioether (sulfide) groups is 1. The number of nitrogens with zero attached hydrogens (tertiary/aromatic N) is 4. The molecule has 1 N–H and O–H groups in total. The van der Waals surface area contributed by atoms with E-state index >= 15 is 0 Å². The Labute approximate surface area is 238 Å². The second-order valence-electron chi connectivity index (χ2n) is 9.63. The molecule has 3 aromatic carbocycles. The van der Waals surface area contributed by atoms with E-state index in [0.717, 1.165) is 49.8 Å². The topological polar surface area (TPSA) is 70.6 Å². The van der Waals surface area contributed by atoms with Crippen molar-refractivity contribution >= 4 is 29.2 Å². The normalized spacial score (nSPS) is 13.8. The number of aromatic nitrogens is 2. The number of piperazine rings is 1. The van der Waals surface area contributed by atoms with Crippen molar-refractivity contribution in [3.63, 3.8) is 0 Å². The predicted molar refractivity (Wildman–Crippen MR) is 157 cm³/mol. The van der Waals surface area contributed by atoms with E-state index in [9.17, 15) is 9.18 Å². The van der Waals surface area contributed by atoms with Gasteiger partial charge in [0.15, 0.2) is 5.16 Å². The fraction of sp³-hybridized carbons (Fsp3) is 0.258. The number of carbonyl (C=O) groups is 1. The fourth-order valence-corrected chi connectivity index (χ4v) is 5.35. The van der Waals surface area contributed by atoms with Crippen LogP contribution in [0, 0.1) is 5.82 Å². The molecule has 0 atom stereocenters. The molecular formula is C31H32FN5O2S. The van der Waals surface area contributed by atoms with E-state index < -0.39 is 0 Å². The summed E-state index contributed by atoms with van der Waals surface area (Å²) in [5.41, 5.74) is 4.33. The number of halogens is 1. The van der Waals surface area contributed by atoms with Gasteiger partial charge in [0.25, 0.3) is 5.91 Å². The Kier molecular flexibility index (Phi) is 9.38. The molecule has 9 heteroatoms. The van der Waals surface area contributed by atoms with Gasteiger partial charge in [-0.1, -0.05) is 54.2 Å². The predicted octanol–water partition coefficient (Wildman–Crippen LogP) is 5.63. The van der Waals surface area contributed by atoms with Crippen molar-refractivity contribution in [2.24, 2.45) is 0 Å². The van der Waals surface area contributed by atoms with Crippen molar-refractivity contribution < 1.29 is 13.9 Å². The van der Waals surface area contributed by atoms with Crippen LogP contribution < -0.4 is 10.2 Å². The lowest BCUT2D eigenvalue weighted by Gasteiger charge is -2.35. The largest absolute Gasteiger partial charge is 0.378 e. The minimum absolute atomic E-state index is 0.241. The molecule has 7 nitrogen and oxygen atoms in total. The van der Waals surface area contributed by atoms with Gasteiger partial charge in [-0.3, -0.25) is 9.69 Å². The maximum atomic E-state index is 13.1. The van der Waals surface area contributed by atoms with Crippen molar-refractivity contribution in [3.8, 4) is 0 Å². The Morgan fingerprint density at radius 1 is 0.925 bits per heavy atom. The lowest BCUT2D eigenvalue weighted by molar-refractivity contribution is 0.102. The zero-order chi connectivity index (χ0) is 27.7. The highest BCUT2D eigenvalue weighted by Gasteiger charge is 2.20. The van der Waals surface area contributed by atoms with Gasteiger partial charge in [-0.05, 0) is 47.5 Å². The summed E-state index contributed by atoms with van der Waals surface area (Å²) in [4.78, 5) is 26.9. The maximum absolute atomic E-state index is 13.1. The summed E-state index contributed by atoms with van der Waals surface area (Å²) < 4.78 is 18.5. The summed E-state index contributed by atoms with van der Waals surface area (Å²) >= 11 is 1.56. The number of anilines is 2. The number of hydrogen-bond acceptors (Lipinski definition) is 7. The number of hydrogen-bond donors (Lipinski definition) is 1. The van der Waals surface area contributed by atoms with Crippen LogP contribution in [0.5, 0.6) is 0 Å². The van der Waals surface area contributed by atoms with Crippen LogP contribution in [0.3, 0.4) is 0 Å². The summed E-state index contributed by atoms with van der Waals surface area (Å²) in [6.07, 6.45) is 0. The molecule has 0 radical (unpaired) electrons. The Morgan fingerprint density at radius 2 is 1.65 bits per heavy atom. The van der Waals surface area contributed by atoms with Crippen LogP contribution in [0.1, 0.15) is 27.2 Å². The number of benzene rings is 3. The highest BCUT2D eigenvalue weighted by molar-refractivity contribution is 7.98. The van der Waals surface area contributed by atoms with Crippen LogP contribution >= 0.6 is 11.8 Å². The van der Waals surface area contributed by atoms with E-state index in [2.05, 4.69) is 45.4 Å². The smallest absolute Gasteiger partial charge is 0.255 e. The Bertz CT molecular complexity index is 1400. The Balaban J connectivity index is 1.18. The molecule has 1 aliphatic rings. The molecule has 206 valence electrons. The molecule has 1 amide bonds. The molecule has 0 spiro atoms. The van der Waals surface area contributed by atoms with Crippen LogP contribution in [-0.2, 0) is 23.6 Å². The van der Waals surface area contributed by atoms with Crippen molar-refractivity contribution in [3.05, 3.63) is 113 Å². The molecule has 1 aromatic heterocycles. The zero-order valence-electron chi connectivity index (χ0n) is 22.4. The first-order valence-corrected chi connectivity index (χ1v) is 14.2. The lowest BCUT2D eigenvalue weighted by Crippen LogP contribution is -2.46. The van der Waals surface area contributed by atoms with Gasteiger partial charge >= 0.3 is 0 Å². The molecule has 0 bridgehead atoms. The number of amides is 1. The van der Waals surface area contributed by atoms with Crippen LogP contribution in [0.2, 0.25) is 0 Å². The van der Waals surface area contributed by atoms with Gasteiger partial charge in [0.05, 0.1) is 12.3 Å². The third-order valence-electron chi connectivity index (χ3n) is 6.67. The Morgan fingerprint density at radius 3 is 2.35 bits per heavy atom. The molecule has 1 aliphatic heterocycles. The second-order valence-corrected chi connectivity index (χ2v) is 10.6. The minimum Gasteiger partial charge on any atom is -0.378 e. The first-order chi connectivity index (χ1) is 19.6. The highest BCUT2D eigenvalue weighted by atomic mass is 32.2. The number of methoxy groups -OCH3 is 1. The van der Waals surface area contributed by atoms with Gasteiger partial charge in [0, 0.05) is 62.9 Å². The van der Waals surface area contributed by atoms with E-state index in [0.29, 0.717) is 28.8 Å². The van der Waals surface area contributed by atoms with Gasteiger partial charge in [-0.2, -0.15) is 0 Å². The van der Waals surface area contributed by atoms with Crippen molar-refractivity contribution in [2.75, 3.05) is 43.5 Å². The van der Waals surface area contributed by atoms with Crippen LogP contribution in [0.15, 0.2) is 90.1 Å². The molecule has 5 rings (SSSR count). The zero-order valence-corrected chi connectivity index (χ0v) is 23.2. The minimum atomic E-state index is -0.342. The summed E-state index contributed by atoms with van der Waals surface area (Å²) in [5, 5.41) is 3.49. The van der Waals surface area contributed by atoms with Gasteiger partial charge in [0.2, 0.25) is 0 Å². The van der Waals surface area contributed by atoms with Crippen molar-refractivity contribution in [1.82, 2.24) is 14.9 Å². The van der Waals surface area contributed by atoms with Crippen molar-refractivity contribution in [1.29, 1.82) is 0 Å². The van der Waals surface area contributed by atoms with Crippen LogP contribution in [0.25, 0.3) is 0 Å². The van der Waals surface area contributed by atoms with Gasteiger partial charge in [0.1, 0.15) is 11.6 Å². The SMILES string of the molecule is COCc1cc(N2CCN(Cc3ccccc3)CC2)nc(SCc2ccc(C(=O)Nc3ccc(F)cc3)cc2)n1. The van der Waals surface area contributed by atoms with E-state index in [-0.39, 0.29) is 11.7 Å². The summed E-state index contributed by atoms with van der Waals surface area (Å²) in [6, 6.07) is 25.7. The molecule has 1 fully saturated rings. The third-order valence-corrected chi connectivity index (χ3v) is 7.59. The first kappa shape index (κ1) is 27.8. The molecule has 40 heavy (non-hydrogen) atoms. The highest BCUT2D eigenvalue weighted by Crippen LogP contribution is 2.25. The maximum Gasteiger partial charge on any atom is 0.255 e. The number of rotatable bonds is 10. The van der Waals surface area contributed by atoms with E-state index in [1.807, 2.05) is 18.2 Å². The first-order valence-electron chi connectivity index (χ1n) is 13.2. The second kappa shape index (κ2) is 13.5. The fourth-order valence-electron chi connectivity index (χ4n) is 4.52. The molecule has 0 unspecified atom stereocenters. The number of nitrogens with one attached hydrogen (secondary N) is 1. The van der Waals surface area contributed by atoms with Crippen molar-refractivity contribution in [2.45, 2.75) is 24.1 Å². The lowest BCUT2D eigenvalue weighted by atomic mass is 10.1. The molecular weight excluding hydrogens is 525 g/mol. The average Bonchev–Trinajstić information content (AvgIpc) is 2.98. The third kappa shape index (κ3) is 7.65. The molecule has 2 heterocycles. The van der Waals surface area contributed by atoms with E-state index in [1.165, 1.54) is 29.8 Å². The quantitative estimate of drug-likeness (QED) is 0.200. The summed E-state index contributed by atoms with van der Waals surface area (Å²) in [7, 11) is 1.67. The van der Waals surface area contributed by atoms with Crippen LogP contribution in [-0.4, -0.2) is 54.1 Å². The average molecular weight is 558 g/mol. The monoisotopic (exact) mass is 557 g/mol. The molecule has 0 aliphatic carbocycles. The van der Waals surface area contributed by atoms with E-state index in [1.54, 1.807) is 31.0 Å². The molecule has 4 aromatic rings. The summed E-state index contributed by atoms with van der Waals surface area (Å²) in [5.74, 6) is 1.01. The van der Waals surface area contributed by atoms with Gasteiger partial charge < -0.3 is 15.0 Å².